The highest BCUT2D eigenvalue weighted by Crippen LogP contribution is 2.36. The van der Waals surface area contributed by atoms with Gasteiger partial charge in [0.15, 0.2) is 11.6 Å². The van der Waals surface area contributed by atoms with Crippen LogP contribution in [-0.2, 0) is 6.42 Å². The first kappa shape index (κ1) is 21.9. The Labute approximate surface area is 203 Å². The van der Waals surface area contributed by atoms with Crippen molar-refractivity contribution in [3.8, 4) is 29.2 Å². The van der Waals surface area contributed by atoms with Crippen molar-refractivity contribution < 1.29 is 13.5 Å². The van der Waals surface area contributed by atoms with Crippen LogP contribution in [0.25, 0.3) is 17.2 Å². The van der Waals surface area contributed by atoms with Crippen LogP contribution in [0.5, 0.6) is 11.5 Å². The zero-order chi connectivity index (χ0) is 23.8. The number of imidazole rings is 1. The number of rotatable bonds is 5. The van der Waals surface area contributed by atoms with Gasteiger partial charge in [0.05, 0.1) is 28.8 Å². The number of aryl methyl sites for hydroxylation is 1. The lowest BCUT2D eigenvalue weighted by molar-refractivity contribution is 0.437. The number of hydrogen-bond acceptors (Lipinski definition) is 6. The number of ether oxygens (including phenoxy) is 1. The van der Waals surface area contributed by atoms with E-state index >= 15 is 4.39 Å². The zero-order valence-corrected chi connectivity index (χ0v) is 19.1. The standard InChI is InChI=1S/C24H14Cl2FN5O2/c1-13-22(32-7-3-2-4-19(32)29-13)24-31-30-20(34-24)10-15-5-6-18(26)23(21(15)27)33-17-9-14(12-28)8-16(25)11-17/h2-9,11H,10H2,1H3. The first-order valence-corrected chi connectivity index (χ1v) is 10.8. The second kappa shape index (κ2) is 8.78. The van der Waals surface area contributed by atoms with Crippen LogP contribution in [0.15, 0.2) is 59.1 Å². The third-order valence-corrected chi connectivity index (χ3v) is 5.58. The largest absolute Gasteiger partial charge is 0.453 e. The molecule has 0 aliphatic heterocycles. The van der Waals surface area contributed by atoms with Gasteiger partial charge in [0.1, 0.15) is 17.1 Å². The number of halogens is 3. The molecule has 0 fully saturated rings. The number of nitriles is 1. The Hall–Kier alpha value is -3.93. The van der Waals surface area contributed by atoms with Gasteiger partial charge in [-0.1, -0.05) is 35.3 Å². The minimum Gasteiger partial charge on any atom is -0.453 e. The van der Waals surface area contributed by atoms with Gasteiger partial charge in [0, 0.05) is 16.8 Å². The Morgan fingerprint density at radius 3 is 2.82 bits per heavy atom. The van der Waals surface area contributed by atoms with Gasteiger partial charge >= 0.3 is 0 Å². The van der Waals surface area contributed by atoms with E-state index in [1.54, 1.807) is 0 Å². The van der Waals surface area contributed by atoms with Gasteiger partial charge in [-0.05, 0) is 43.3 Å². The van der Waals surface area contributed by atoms with Crippen LogP contribution in [0.3, 0.4) is 0 Å². The number of aromatic nitrogens is 4. The predicted octanol–water partition coefficient (Wildman–Crippen LogP) is 6.39. The lowest BCUT2D eigenvalue weighted by atomic mass is 10.1. The summed E-state index contributed by atoms with van der Waals surface area (Å²) in [5, 5.41) is 17.7. The summed E-state index contributed by atoms with van der Waals surface area (Å²) >= 11 is 12.2. The average Bonchev–Trinajstić information content (AvgIpc) is 3.40. The molecule has 10 heteroatoms. The Kier molecular flexibility index (Phi) is 5.65. The van der Waals surface area contributed by atoms with E-state index in [9.17, 15) is 0 Å². The molecule has 2 aromatic carbocycles. The normalized spacial score (nSPS) is 11.0. The second-order valence-corrected chi connectivity index (χ2v) is 8.24. The molecule has 5 rings (SSSR count). The fraction of sp³-hybridized carbons (Fsp3) is 0.0833. The van der Waals surface area contributed by atoms with Gasteiger partial charge in [0.2, 0.25) is 5.89 Å². The molecule has 0 amide bonds. The van der Waals surface area contributed by atoms with Crippen LogP contribution in [0.4, 0.5) is 4.39 Å². The van der Waals surface area contributed by atoms with Gasteiger partial charge in [-0.3, -0.25) is 4.40 Å². The highest BCUT2D eigenvalue weighted by atomic mass is 35.5. The number of hydrogen-bond donors (Lipinski definition) is 0. The van der Waals surface area contributed by atoms with E-state index in [1.807, 2.05) is 41.8 Å². The van der Waals surface area contributed by atoms with Crippen LogP contribution in [0, 0.1) is 24.1 Å². The topological polar surface area (TPSA) is 89.2 Å². The summed E-state index contributed by atoms with van der Waals surface area (Å²) in [6, 6.07) is 15.0. The maximum atomic E-state index is 15.3. The van der Waals surface area contributed by atoms with E-state index in [0.29, 0.717) is 5.69 Å². The predicted molar refractivity (Wildman–Crippen MR) is 124 cm³/mol. The molecule has 5 aromatic rings. The number of nitrogens with zero attached hydrogens (tertiary/aromatic N) is 5. The van der Waals surface area contributed by atoms with E-state index in [-0.39, 0.29) is 50.9 Å². The van der Waals surface area contributed by atoms with Crippen molar-refractivity contribution in [2.75, 3.05) is 0 Å². The summed E-state index contributed by atoms with van der Waals surface area (Å²) in [6.45, 7) is 1.85. The summed E-state index contributed by atoms with van der Waals surface area (Å²) in [6.07, 6.45) is 1.87. The lowest BCUT2D eigenvalue weighted by Gasteiger charge is -2.11. The fourth-order valence-corrected chi connectivity index (χ4v) is 3.97. The summed E-state index contributed by atoms with van der Waals surface area (Å²) < 4.78 is 28.7. The molecule has 0 bridgehead atoms. The minimum absolute atomic E-state index is 0.0150. The Bertz CT molecular complexity index is 1590. The summed E-state index contributed by atoms with van der Waals surface area (Å²) in [7, 11) is 0. The van der Waals surface area contributed by atoms with Crippen molar-refractivity contribution in [2.24, 2.45) is 0 Å². The Morgan fingerprint density at radius 1 is 1.15 bits per heavy atom. The van der Waals surface area contributed by atoms with Crippen LogP contribution in [-0.4, -0.2) is 19.6 Å². The minimum atomic E-state index is -0.684. The highest BCUT2D eigenvalue weighted by Gasteiger charge is 2.20. The van der Waals surface area contributed by atoms with Crippen molar-refractivity contribution in [1.29, 1.82) is 5.26 Å². The summed E-state index contributed by atoms with van der Waals surface area (Å²) in [5.41, 5.74) is 2.67. The van der Waals surface area contributed by atoms with E-state index < -0.39 is 5.82 Å². The van der Waals surface area contributed by atoms with Crippen LogP contribution in [0.2, 0.25) is 10.0 Å². The van der Waals surface area contributed by atoms with Crippen molar-refractivity contribution in [3.63, 3.8) is 0 Å². The molecule has 168 valence electrons. The molecular weight excluding hydrogens is 480 g/mol. The maximum absolute atomic E-state index is 15.3. The molecule has 3 aromatic heterocycles. The molecule has 0 aliphatic rings. The molecule has 0 atom stereocenters. The lowest BCUT2D eigenvalue weighted by Crippen LogP contribution is -1.98. The zero-order valence-electron chi connectivity index (χ0n) is 17.6. The number of pyridine rings is 1. The van der Waals surface area contributed by atoms with E-state index in [0.717, 1.165) is 11.3 Å². The highest BCUT2D eigenvalue weighted by molar-refractivity contribution is 6.32. The quantitative estimate of drug-likeness (QED) is 0.281. The van der Waals surface area contributed by atoms with Gasteiger partial charge in [-0.25, -0.2) is 9.37 Å². The molecule has 0 radical (unpaired) electrons. The molecule has 0 N–H and O–H groups in total. The molecule has 7 nitrogen and oxygen atoms in total. The molecular formula is C24H14Cl2FN5O2. The fourth-order valence-electron chi connectivity index (χ4n) is 3.56. The van der Waals surface area contributed by atoms with E-state index in [1.165, 1.54) is 30.3 Å². The summed E-state index contributed by atoms with van der Waals surface area (Å²) in [4.78, 5) is 4.49. The molecule has 3 heterocycles. The molecule has 0 saturated carbocycles. The number of fused-ring (bicyclic) bond motifs is 1. The van der Waals surface area contributed by atoms with Gasteiger partial charge in [-0.15, -0.1) is 10.2 Å². The Morgan fingerprint density at radius 2 is 2.00 bits per heavy atom. The van der Waals surface area contributed by atoms with Crippen LogP contribution < -0.4 is 4.74 Å². The van der Waals surface area contributed by atoms with E-state index in [2.05, 4.69) is 15.2 Å². The first-order valence-electron chi connectivity index (χ1n) is 10.0. The molecule has 0 unspecified atom stereocenters. The maximum Gasteiger partial charge on any atom is 0.266 e. The molecule has 0 saturated heterocycles. The van der Waals surface area contributed by atoms with Crippen molar-refractivity contribution in [3.05, 3.63) is 93.3 Å². The molecule has 0 aliphatic carbocycles. The van der Waals surface area contributed by atoms with Gasteiger partial charge < -0.3 is 9.15 Å². The van der Waals surface area contributed by atoms with Crippen molar-refractivity contribution in [1.82, 2.24) is 19.6 Å². The summed E-state index contributed by atoms with van der Waals surface area (Å²) in [5.74, 6) is -0.202. The van der Waals surface area contributed by atoms with Gasteiger partial charge in [0.25, 0.3) is 5.89 Å². The van der Waals surface area contributed by atoms with Crippen LogP contribution in [0.1, 0.15) is 22.7 Å². The SMILES string of the molecule is Cc1nc2ccccn2c1-c1nnc(Cc2ccc(Cl)c(Oc3cc(Cl)cc(C#N)c3)c2F)o1. The number of benzene rings is 2. The van der Waals surface area contributed by atoms with Gasteiger partial charge in [-0.2, -0.15) is 5.26 Å². The Balaban J connectivity index is 1.45. The third-order valence-electron chi connectivity index (χ3n) is 5.06. The van der Waals surface area contributed by atoms with Crippen molar-refractivity contribution in [2.45, 2.75) is 13.3 Å². The first-order chi connectivity index (χ1) is 16.4. The van der Waals surface area contributed by atoms with Crippen LogP contribution >= 0.6 is 23.2 Å². The molecule has 0 spiro atoms. The monoisotopic (exact) mass is 493 g/mol. The second-order valence-electron chi connectivity index (χ2n) is 7.39. The molecule has 34 heavy (non-hydrogen) atoms. The third kappa shape index (κ3) is 4.07. The van der Waals surface area contributed by atoms with E-state index in [4.69, 9.17) is 37.6 Å². The smallest absolute Gasteiger partial charge is 0.266 e. The average molecular weight is 494 g/mol. The van der Waals surface area contributed by atoms with Crippen molar-refractivity contribution >= 4 is 28.8 Å².